The molecule has 1 saturated heterocycles. The fourth-order valence-electron chi connectivity index (χ4n) is 1.39. The summed E-state index contributed by atoms with van der Waals surface area (Å²) in [4.78, 5) is 0. The first-order valence-corrected chi connectivity index (χ1v) is 5.27. The summed E-state index contributed by atoms with van der Waals surface area (Å²) in [5.74, 6) is 11.1. The third-order valence-corrected chi connectivity index (χ3v) is 2.14. The van der Waals surface area contributed by atoms with E-state index in [2.05, 4.69) is 23.7 Å². The molecule has 0 aliphatic carbocycles. The number of ether oxygens (including phenoxy) is 1. The zero-order valence-electron chi connectivity index (χ0n) is 8.83. The molecule has 0 aromatic heterocycles. The van der Waals surface area contributed by atoms with Gasteiger partial charge in [-0.2, -0.15) is 0 Å². The van der Waals surface area contributed by atoms with Gasteiger partial charge >= 0.3 is 0 Å². The maximum atomic E-state index is 8.38. The number of aliphatic hydroxyl groups is 1. The van der Waals surface area contributed by atoms with Gasteiger partial charge in [0, 0.05) is 13.0 Å². The summed E-state index contributed by atoms with van der Waals surface area (Å²) in [6.07, 6.45) is 8.03. The van der Waals surface area contributed by atoms with Crippen LogP contribution in [0.25, 0.3) is 0 Å². The average Bonchev–Trinajstić information content (AvgIpc) is 2.29. The van der Waals surface area contributed by atoms with Gasteiger partial charge in [-0.15, -0.1) is 0 Å². The van der Waals surface area contributed by atoms with Crippen LogP contribution in [0.3, 0.4) is 0 Å². The maximum absolute atomic E-state index is 8.38. The highest BCUT2D eigenvalue weighted by molar-refractivity contribution is 5.24. The molecule has 0 aromatic carbocycles. The van der Waals surface area contributed by atoms with Crippen molar-refractivity contribution >= 4 is 0 Å². The molecule has 80 valence electrons. The molecule has 1 heterocycles. The normalized spacial score (nSPS) is 20.2. The van der Waals surface area contributed by atoms with Gasteiger partial charge in [0.05, 0.1) is 6.10 Å². The summed E-state index contributed by atoms with van der Waals surface area (Å²) >= 11 is 0. The summed E-state index contributed by atoms with van der Waals surface area (Å²) in [6, 6.07) is 0. The molecule has 0 bridgehead atoms. The molecule has 1 fully saturated rings. The Morgan fingerprint density at radius 2 is 2.00 bits per heavy atom. The van der Waals surface area contributed by atoms with Crippen molar-refractivity contribution in [3.63, 3.8) is 0 Å². The lowest BCUT2D eigenvalue weighted by Gasteiger charge is -2.20. The monoisotopic (exact) mass is 204 g/mol. The largest absolute Gasteiger partial charge is 0.384 e. The lowest BCUT2D eigenvalue weighted by molar-refractivity contribution is 0.0197. The van der Waals surface area contributed by atoms with E-state index in [-0.39, 0.29) is 6.61 Å². The smallest absolute Gasteiger partial charge is 0.104 e. The second kappa shape index (κ2) is 8.12. The minimum absolute atomic E-state index is 0.103. The molecule has 2 nitrogen and oxygen atoms in total. The Morgan fingerprint density at radius 1 is 1.20 bits per heavy atom. The Kier molecular flexibility index (Phi) is 6.41. The summed E-state index contributed by atoms with van der Waals surface area (Å²) < 4.78 is 5.54. The van der Waals surface area contributed by atoms with E-state index in [4.69, 9.17) is 9.84 Å². The van der Waals surface area contributed by atoms with Gasteiger partial charge in [-0.05, 0) is 31.4 Å². The second-order valence-corrected chi connectivity index (χ2v) is 3.33. The van der Waals surface area contributed by atoms with Gasteiger partial charge in [-0.3, -0.25) is 0 Å². The fraction of sp³-hybridized carbons (Fsp3) is 0.538. The molecule has 1 unspecified atom stereocenters. The molecule has 1 aliphatic heterocycles. The summed E-state index contributed by atoms with van der Waals surface area (Å²) in [5, 5.41) is 8.38. The van der Waals surface area contributed by atoms with Gasteiger partial charge in [0.25, 0.3) is 0 Å². The second-order valence-electron chi connectivity index (χ2n) is 3.33. The zero-order valence-corrected chi connectivity index (χ0v) is 8.83. The van der Waals surface area contributed by atoms with Crippen LogP contribution in [0.15, 0.2) is 12.2 Å². The predicted molar refractivity (Wildman–Crippen MR) is 60.0 cm³/mol. The Bertz CT molecular complexity index is 303. The van der Waals surface area contributed by atoms with E-state index in [9.17, 15) is 0 Å². The third-order valence-electron chi connectivity index (χ3n) is 2.14. The molecule has 0 spiro atoms. The molecule has 0 radical (unpaired) electrons. The lowest BCUT2D eigenvalue weighted by Crippen LogP contribution is -2.17. The molecule has 15 heavy (non-hydrogen) atoms. The minimum atomic E-state index is -0.103. The van der Waals surface area contributed by atoms with Crippen molar-refractivity contribution in [2.75, 3.05) is 13.2 Å². The van der Waals surface area contributed by atoms with Crippen molar-refractivity contribution in [3.05, 3.63) is 12.2 Å². The first-order chi connectivity index (χ1) is 7.43. The highest BCUT2D eigenvalue weighted by Gasteiger charge is 2.11. The van der Waals surface area contributed by atoms with Crippen LogP contribution < -0.4 is 0 Å². The Balaban J connectivity index is 2.17. The van der Waals surface area contributed by atoms with Crippen LogP contribution in [-0.2, 0) is 4.74 Å². The molecular formula is C13H16O2. The van der Waals surface area contributed by atoms with Gasteiger partial charge in [-0.25, -0.2) is 0 Å². The Labute approximate surface area is 91.3 Å². The summed E-state index contributed by atoms with van der Waals surface area (Å²) in [7, 11) is 0. The number of allylic oxidation sites excluding steroid dienone is 2. The first kappa shape index (κ1) is 11.9. The SMILES string of the molecule is OCC#C/C=C/C#CCC1CCCCO1. The van der Waals surface area contributed by atoms with Crippen LogP contribution in [0, 0.1) is 23.7 Å². The van der Waals surface area contributed by atoms with Crippen molar-refractivity contribution in [1.82, 2.24) is 0 Å². The van der Waals surface area contributed by atoms with Crippen LogP contribution >= 0.6 is 0 Å². The van der Waals surface area contributed by atoms with Gasteiger partial charge in [-0.1, -0.05) is 23.7 Å². The summed E-state index contributed by atoms with van der Waals surface area (Å²) in [6.45, 7) is 0.776. The Hall–Kier alpha value is -1.22. The molecule has 1 rings (SSSR count). The Morgan fingerprint density at radius 3 is 2.67 bits per heavy atom. The van der Waals surface area contributed by atoms with Gasteiger partial charge in [0.2, 0.25) is 0 Å². The van der Waals surface area contributed by atoms with E-state index in [1.807, 2.05) is 0 Å². The molecule has 1 N–H and O–H groups in total. The minimum Gasteiger partial charge on any atom is -0.384 e. The molecule has 1 atom stereocenters. The van der Waals surface area contributed by atoms with Crippen molar-refractivity contribution in [1.29, 1.82) is 0 Å². The van der Waals surface area contributed by atoms with Gasteiger partial charge in [0.15, 0.2) is 0 Å². The molecule has 0 aromatic rings. The van der Waals surface area contributed by atoms with Crippen LogP contribution in [-0.4, -0.2) is 24.4 Å². The number of hydrogen-bond acceptors (Lipinski definition) is 2. The van der Waals surface area contributed by atoms with E-state index >= 15 is 0 Å². The van der Waals surface area contributed by atoms with E-state index in [1.165, 1.54) is 12.8 Å². The fourth-order valence-corrected chi connectivity index (χ4v) is 1.39. The predicted octanol–water partition coefficient (Wildman–Crippen LogP) is 1.50. The topological polar surface area (TPSA) is 29.5 Å². The molecule has 0 amide bonds. The van der Waals surface area contributed by atoms with Crippen LogP contribution in [0.5, 0.6) is 0 Å². The third kappa shape index (κ3) is 5.96. The van der Waals surface area contributed by atoms with Crippen molar-refractivity contribution in [3.8, 4) is 23.7 Å². The van der Waals surface area contributed by atoms with Crippen molar-refractivity contribution < 1.29 is 9.84 Å². The molecule has 0 saturated carbocycles. The average molecular weight is 204 g/mol. The van der Waals surface area contributed by atoms with E-state index in [0.717, 1.165) is 19.4 Å². The van der Waals surface area contributed by atoms with E-state index in [1.54, 1.807) is 12.2 Å². The van der Waals surface area contributed by atoms with Gasteiger partial charge < -0.3 is 9.84 Å². The van der Waals surface area contributed by atoms with E-state index < -0.39 is 0 Å². The van der Waals surface area contributed by atoms with Crippen LogP contribution in [0.2, 0.25) is 0 Å². The van der Waals surface area contributed by atoms with Crippen LogP contribution in [0.4, 0.5) is 0 Å². The lowest BCUT2D eigenvalue weighted by atomic mass is 10.1. The summed E-state index contributed by atoms with van der Waals surface area (Å²) in [5.41, 5.74) is 0. The number of aliphatic hydroxyl groups excluding tert-OH is 1. The number of hydrogen-bond donors (Lipinski definition) is 1. The highest BCUT2D eigenvalue weighted by atomic mass is 16.5. The molecule has 2 heteroatoms. The van der Waals surface area contributed by atoms with Crippen molar-refractivity contribution in [2.45, 2.75) is 31.8 Å². The quantitative estimate of drug-likeness (QED) is 0.656. The van der Waals surface area contributed by atoms with Crippen molar-refractivity contribution in [2.24, 2.45) is 0 Å². The van der Waals surface area contributed by atoms with E-state index in [0.29, 0.717) is 6.10 Å². The van der Waals surface area contributed by atoms with Crippen LogP contribution in [0.1, 0.15) is 25.7 Å². The molecule has 1 aliphatic rings. The standard InChI is InChI=1S/C13H16O2/c14-11-7-4-2-1-3-5-9-13-10-6-8-12-15-13/h1-2,13-14H,6,8-12H2/b2-1+. The van der Waals surface area contributed by atoms with Gasteiger partial charge in [0.1, 0.15) is 6.61 Å². The number of rotatable bonds is 1. The maximum Gasteiger partial charge on any atom is 0.104 e. The zero-order chi connectivity index (χ0) is 10.8. The first-order valence-electron chi connectivity index (χ1n) is 5.27. The molecular weight excluding hydrogens is 188 g/mol. The highest BCUT2D eigenvalue weighted by Crippen LogP contribution is 2.14.